The van der Waals surface area contributed by atoms with Crippen LogP contribution in [0.1, 0.15) is 24.4 Å². The van der Waals surface area contributed by atoms with Crippen molar-refractivity contribution in [3.63, 3.8) is 0 Å². The number of ether oxygens (including phenoxy) is 1. The maximum Gasteiger partial charge on any atom is 0.146 e. The van der Waals surface area contributed by atoms with Crippen molar-refractivity contribution in [2.75, 3.05) is 0 Å². The van der Waals surface area contributed by atoms with Gasteiger partial charge in [0.25, 0.3) is 0 Å². The van der Waals surface area contributed by atoms with Crippen LogP contribution < -0.4 is 10.5 Å². The van der Waals surface area contributed by atoms with Crippen LogP contribution >= 0.6 is 0 Å². The van der Waals surface area contributed by atoms with Crippen LogP contribution in [0, 0.1) is 0 Å². The van der Waals surface area contributed by atoms with Crippen molar-refractivity contribution >= 4 is 0 Å². The van der Waals surface area contributed by atoms with E-state index in [0.717, 1.165) is 17.1 Å². The molecular formula is C13H17N3O. The minimum Gasteiger partial charge on any atom is -0.486 e. The molecule has 1 aromatic carbocycles. The highest BCUT2D eigenvalue weighted by atomic mass is 16.5. The molecule has 4 heteroatoms. The number of benzene rings is 1. The molecule has 0 amide bonds. The summed E-state index contributed by atoms with van der Waals surface area (Å²) in [4.78, 5) is 4.20. The first-order chi connectivity index (χ1) is 8.16. The second-order valence-corrected chi connectivity index (χ2v) is 4.10. The van der Waals surface area contributed by atoms with Crippen molar-refractivity contribution in [3.8, 4) is 5.75 Å². The first-order valence-electron chi connectivity index (χ1n) is 5.61. The first-order valence-corrected chi connectivity index (χ1v) is 5.61. The standard InChI is InChI=1S/C13H17N3O/c1-10(14)11-4-3-5-12(8-11)17-9-13-15-6-7-16(13)2/h3-8,10H,9,14H2,1-2H3/t10-/m1/s1. The van der Waals surface area contributed by atoms with Crippen molar-refractivity contribution in [2.24, 2.45) is 12.8 Å². The highest BCUT2D eigenvalue weighted by molar-refractivity contribution is 5.30. The van der Waals surface area contributed by atoms with Gasteiger partial charge in [0.2, 0.25) is 0 Å². The highest BCUT2D eigenvalue weighted by Gasteiger charge is 2.03. The van der Waals surface area contributed by atoms with Crippen molar-refractivity contribution < 1.29 is 4.74 Å². The van der Waals surface area contributed by atoms with Gasteiger partial charge >= 0.3 is 0 Å². The van der Waals surface area contributed by atoms with E-state index in [-0.39, 0.29) is 6.04 Å². The number of rotatable bonds is 4. The predicted molar refractivity (Wildman–Crippen MR) is 66.6 cm³/mol. The summed E-state index contributed by atoms with van der Waals surface area (Å²) in [6, 6.07) is 7.86. The van der Waals surface area contributed by atoms with Gasteiger partial charge in [-0.25, -0.2) is 4.98 Å². The van der Waals surface area contributed by atoms with Crippen LogP contribution in [-0.4, -0.2) is 9.55 Å². The Balaban J connectivity index is 2.04. The molecule has 0 saturated heterocycles. The molecule has 0 spiro atoms. The van der Waals surface area contributed by atoms with Gasteiger partial charge in [-0.2, -0.15) is 0 Å². The van der Waals surface area contributed by atoms with Crippen molar-refractivity contribution in [1.82, 2.24) is 9.55 Å². The Morgan fingerprint density at radius 3 is 2.94 bits per heavy atom. The number of nitrogens with zero attached hydrogens (tertiary/aromatic N) is 2. The molecule has 0 radical (unpaired) electrons. The van der Waals surface area contributed by atoms with Crippen LogP contribution in [0.5, 0.6) is 5.75 Å². The molecule has 0 aliphatic carbocycles. The third-order valence-corrected chi connectivity index (χ3v) is 2.67. The lowest BCUT2D eigenvalue weighted by molar-refractivity contribution is 0.291. The minimum atomic E-state index is 0.0201. The van der Waals surface area contributed by atoms with Crippen LogP contribution in [-0.2, 0) is 13.7 Å². The quantitative estimate of drug-likeness (QED) is 0.875. The largest absolute Gasteiger partial charge is 0.486 e. The Morgan fingerprint density at radius 1 is 1.47 bits per heavy atom. The molecule has 1 heterocycles. The monoisotopic (exact) mass is 231 g/mol. The number of aryl methyl sites for hydroxylation is 1. The third kappa shape index (κ3) is 2.85. The SMILES string of the molecule is C[C@@H](N)c1cccc(OCc2nccn2C)c1. The molecule has 2 aromatic rings. The molecule has 1 aromatic heterocycles. The molecule has 0 bridgehead atoms. The number of hydrogen-bond donors (Lipinski definition) is 1. The highest BCUT2D eigenvalue weighted by Crippen LogP contribution is 2.18. The van der Waals surface area contributed by atoms with E-state index in [1.807, 2.05) is 49.0 Å². The van der Waals surface area contributed by atoms with E-state index >= 15 is 0 Å². The maximum atomic E-state index is 5.83. The zero-order chi connectivity index (χ0) is 12.3. The molecule has 17 heavy (non-hydrogen) atoms. The van der Waals surface area contributed by atoms with Crippen molar-refractivity contribution in [1.29, 1.82) is 0 Å². The molecule has 2 N–H and O–H groups in total. The van der Waals surface area contributed by atoms with Crippen LogP contribution in [0.15, 0.2) is 36.7 Å². The number of imidazole rings is 1. The van der Waals surface area contributed by atoms with Gasteiger partial charge in [-0.1, -0.05) is 12.1 Å². The van der Waals surface area contributed by atoms with Crippen LogP contribution in [0.2, 0.25) is 0 Å². The van der Waals surface area contributed by atoms with Gasteiger partial charge in [0, 0.05) is 25.5 Å². The lowest BCUT2D eigenvalue weighted by Gasteiger charge is -2.09. The Bertz CT molecular complexity index is 491. The summed E-state index contributed by atoms with van der Waals surface area (Å²) >= 11 is 0. The van der Waals surface area contributed by atoms with Crippen LogP contribution in [0.4, 0.5) is 0 Å². The van der Waals surface area contributed by atoms with Crippen LogP contribution in [0.3, 0.4) is 0 Å². The van der Waals surface area contributed by atoms with Gasteiger partial charge in [0.15, 0.2) is 0 Å². The molecule has 0 aliphatic heterocycles. The summed E-state index contributed by atoms with van der Waals surface area (Å²) in [6.45, 7) is 2.42. The second-order valence-electron chi connectivity index (χ2n) is 4.10. The fourth-order valence-corrected chi connectivity index (χ4v) is 1.57. The molecule has 90 valence electrons. The summed E-state index contributed by atoms with van der Waals surface area (Å²) in [6.07, 6.45) is 3.66. The fraction of sp³-hybridized carbons (Fsp3) is 0.308. The van der Waals surface area contributed by atoms with Gasteiger partial charge in [-0.3, -0.25) is 0 Å². The Hall–Kier alpha value is -1.81. The van der Waals surface area contributed by atoms with Gasteiger partial charge in [-0.15, -0.1) is 0 Å². The molecule has 4 nitrogen and oxygen atoms in total. The predicted octanol–water partition coefficient (Wildman–Crippen LogP) is 2.02. The van der Waals surface area contributed by atoms with Crippen molar-refractivity contribution in [2.45, 2.75) is 19.6 Å². The number of aromatic nitrogens is 2. The Morgan fingerprint density at radius 2 is 2.29 bits per heavy atom. The van der Waals surface area contributed by atoms with E-state index in [2.05, 4.69) is 4.98 Å². The van der Waals surface area contributed by atoms with Gasteiger partial charge in [0.05, 0.1) is 0 Å². The fourth-order valence-electron chi connectivity index (χ4n) is 1.57. The molecule has 2 rings (SSSR count). The molecule has 0 fully saturated rings. The lowest BCUT2D eigenvalue weighted by atomic mass is 10.1. The van der Waals surface area contributed by atoms with E-state index < -0.39 is 0 Å². The third-order valence-electron chi connectivity index (χ3n) is 2.67. The van der Waals surface area contributed by atoms with Gasteiger partial charge in [-0.05, 0) is 24.6 Å². The van der Waals surface area contributed by atoms with E-state index in [9.17, 15) is 0 Å². The molecule has 0 aliphatic rings. The number of hydrogen-bond acceptors (Lipinski definition) is 3. The smallest absolute Gasteiger partial charge is 0.146 e. The Kier molecular flexibility index (Phi) is 3.44. The normalized spacial score (nSPS) is 12.4. The van der Waals surface area contributed by atoms with E-state index in [4.69, 9.17) is 10.5 Å². The average molecular weight is 231 g/mol. The zero-order valence-electron chi connectivity index (χ0n) is 10.1. The molecule has 1 atom stereocenters. The Labute approximate surface area is 101 Å². The topological polar surface area (TPSA) is 53.1 Å². The van der Waals surface area contributed by atoms with E-state index in [1.54, 1.807) is 6.20 Å². The first kappa shape index (κ1) is 11.7. The summed E-state index contributed by atoms with van der Waals surface area (Å²) in [5, 5.41) is 0. The maximum absolute atomic E-state index is 5.83. The lowest BCUT2D eigenvalue weighted by Crippen LogP contribution is -2.06. The molecule has 0 unspecified atom stereocenters. The number of nitrogens with two attached hydrogens (primary N) is 1. The molecular weight excluding hydrogens is 214 g/mol. The minimum absolute atomic E-state index is 0.0201. The molecule has 0 saturated carbocycles. The van der Waals surface area contributed by atoms with E-state index in [1.165, 1.54) is 0 Å². The van der Waals surface area contributed by atoms with Gasteiger partial charge in [0.1, 0.15) is 18.2 Å². The van der Waals surface area contributed by atoms with Gasteiger partial charge < -0.3 is 15.0 Å². The second kappa shape index (κ2) is 5.01. The summed E-state index contributed by atoms with van der Waals surface area (Å²) in [5.74, 6) is 1.72. The summed E-state index contributed by atoms with van der Waals surface area (Å²) in [5.41, 5.74) is 6.90. The summed E-state index contributed by atoms with van der Waals surface area (Å²) < 4.78 is 7.62. The zero-order valence-corrected chi connectivity index (χ0v) is 10.1. The van der Waals surface area contributed by atoms with Crippen LogP contribution in [0.25, 0.3) is 0 Å². The average Bonchev–Trinajstić information content (AvgIpc) is 2.72. The summed E-state index contributed by atoms with van der Waals surface area (Å²) in [7, 11) is 1.95. The van der Waals surface area contributed by atoms with E-state index in [0.29, 0.717) is 6.61 Å². The van der Waals surface area contributed by atoms with Crippen molar-refractivity contribution in [3.05, 3.63) is 48.0 Å².